The van der Waals surface area contributed by atoms with Gasteiger partial charge in [-0.3, -0.25) is 4.79 Å². The van der Waals surface area contributed by atoms with Crippen LogP contribution in [0, 0.1) is 0 Å². The molecule has 2 unspecified atom stereocenters. The number of alkyl halides is 3. The minimum Gasteiger partial charge on any atom is -0.481 e. The maximum absolute atomic E-state index is 13.1. The van der Waals surface area contributed by atoms with Crippen molar-refractivity contribution in [2.75, 3.05) is 0 Å². The summed E-state index contributed by atoms with van der Waals surface area (Å²) in [5.41, 5.74) is -2.26. The molecule has 24 heavy (non-hydrogen) atoms. The molecular weight excluding hydrogens is 325 g/mol. The zero-order chi connectivity index (χ0) is 18.1. The molecule has 0 aromatic heterocycles. The van der Waals surface area contributed by atoms with E-state index in [0.29, 0.717) is 5.75 Å². The molecule has 1 aliphatic heterocycles. The molecule has 1 heterocycles. The minimum atomic E-state index is -5.02. The molecule has 1 aromatic carbocycles. The molecule has 5 nitrogen and oxygen atoms in total. The van der Waals surface area contributed by atoms with Gasteiger partial charge >= 0.3 is 6.18 Å². The predicted molar refractivity (Wildman–Crippen MR) is 81.5 cm³/mol. The van der Waals surface area contributed by atoms with Gasteiger partial charge in [0.05, 0.1) is 0 Å². The molecule has 132 valence electrons. The van der Waals surface area contributed by atoms with Crippen LogP contribution in [0.4, 0.5) is 13.2 Å². The van der Waals surface area contributed by atoms with Gasteiger partial charge in [0.25, 0.3) is 11.6 Å². The second-order valence-corrected chi connectivity index (χ2v) is 5.73. The summed E-state index contributed by atoms with van der Waals surface area (Å²) in [7, 11) is 0. The van der Waals surface area contributed by atoms with Gasteiger partial charge in [0, 0.05) is 12.1 Å². The zero-order valence-electron chi connectivity index (χ0n) is 13.6. The molecule has 0 saturated heterocycles. The number of benzene rings is 1. The standard InChI is InChI=1S/C16H19F3N2O3/c1-4-12-5-7-13(8-6-12)24-11(3)14(22)21-15(23,16(17,18)19)9-10(2)20-21/h5-8,11,23H,4,9H2,1-3H3. The number of hydrazone groups is 1. The summed E-state index contributed by atoms with van der Waals surface area (Å²) in [5, 5.41) is 13.5. The molecule has 0 radical (unpaired) electrons. The number of amides is 1. The van der Waals surface area contributed by atoms with Crippen LogP contribution in [0.5, 0.6) is 5.75 Å². The molecule has 1 amide bonds. The highest BCUT2D eigenvalue weighted by Gasteiger charge is 2.63. The van der Waals surface area contributed by atoms with Crippen molar-refractivity contribution in [2.45, 2.75) is 51.6 Å². The maximum Gasteiger partial charge on any atom is 0.438 e. The fourth-order valence-corrected chi connectivity index (χ4v) is 2.40. The fraction of sp³-hybridized carbons (Fsp3) is 0.500. The number of ether oxygens (including phenoxy) is 1. The minimum absolute atomic E-state index is 0.0164. The van der Waals surface area contributed by atoms with E-state index in [2.05, 4.69) is 5.10 Å². The van der Waals surface area contributed by atoms with Gasteiger partial charge in [-0.1, -0.05) is 19.1 Å². The zero-order valence-corrected chi connectivity index (χ0v) is 13.6. The average molecular weight is 344 g/mol. The Kier molecular flexibility index (Phi) is 4.89. The lowest BCUT2D eigenvalue weighted by Gasteiger charge is -2.33. The van der Waals surface area contributed by atoms with E-state index in [9.17, 15) is 23.1 Å². The second-order valence-electron chi connectivity index (χ2n) is 5.73. The number of rotatable bonds is 4. The van der Waals surface area contributed by atoms with E-state index in [1.165, 1.54) is 13.8 Å². The Morgan fingerprint density at radius 2 is 2.00 bits per heavy atom. The summed E-state index contributed by atoms with van der Waals surface area (Å²) in [6.07, 6.45) is -6.21. The topological polar surface area (TPSA) is 62.1 Å². The van der Waals surface area contributed by atoms with Crippen LogP contribution in [-0.4, -0.2) is 39.7 Å². The molecule has 0 saturated carbocycles. The van der Waals surface area contributed by atoms with Crippen molar-refractivity contribution in [1.82, 2.24) is 5.01 Å². The van der Waals surface area contributed by atoms with E-state index in [1.807, 2.05) is 6.92 Å². The van der Waals surface area contributed by atoms with Crippen LogP contribution in [0.15, 0.2) is 29.4 Å². The third-order valence-corrected chi connectivity index (χ3v) is 3.78. The second kappa shape index (κ2) is 6.43. The van der Waals surface area contributed by atoms with Crippen molar-refractivity contribution < 1.29 is 27.8 Å². The first kappa shape index (κ1) is 18.3. The Hall–Kier alpha value is -2.09. The summed E-state index contributed by atoms with van der Waals surface area (Å²) >= 11 is 0. The van der Waals surface area contributed by atoms with Gasteiger partial charge in [-0.25, -0.2) is 0 Å². The predicted octanol–water partition coefficient (Wildman–Crippen LogP) is 2.88. The van der Waals surface area contributed by atoms with Crippen molar-refractivity contribution in [1.29, 1.82) is 0 Å². The molecule has 0 bridgehead atoms. The number of aryl methyl sites for hydroxylation is 1. The smallest absolute Gasteiger partial charge is 0.438 e. The van der Waals surface area contributed by atoms with Crippen molar-refractivity contribution in [3.05, 3.63) is 29.8 Å². The molecule has 1 aromatic rings. The largest absolute Gasteiger partial charge is 0.481 e. The number of halogens is 3. The Morgan fingerprint density at radius 1 is 1.42 bits per heavy atom. The van der Waals surface area contributed by atoms with Crippen LogP contribution in [0.3, 0.4) is 0 Å². The third kappa shape index (κ3) is 3.38. The Balaban J connectivity index is 2.16. The number of carbonyl (C=O) groups excluding carboxylic acids is 1. The van der Waals surface area contributed by atoms with Gasteiger partial charge < -0.3 is 9.84 Å². The van der Waals surface area contributed by atoms with Gasteiger partial charge in [-0.2, -0.15) is 23.3 Å². The molecule has 1 N–H and O–H groups in total. The summed E-state index contributed by atoms with van der Waals surface area (Å²) in [5.74, 6) is -0.713. The van der Waals surface area contributed by atoms with Gasteiger partial charge in [-0.05, 0) is 38.0 Å². The maximum atomic E-state index is 13.1. The highest BCUT2D eigenvalue weighted by molar-refractivity contribution is 5.90. The summed E-state index contributed by atoms with van der Waals surface area (Å²) < 4.78 is 44.8. The first-order valence-corrected chi connectivity index (χ1v) is 7.51. The van der Waals surface area contributed by atoms with E-state index < -0.39 is 30.3 Å². The molecule has 8 heteroatoms. The lowest BCUT2D eigenvalue weighted by atomic mass is 10.1. The monoisotopic (exact) mass is 344 g/mol. The van der Waals surface area contributed by atoms with Crippen LogP contribution in [-0.2, 0) is 11.2 Å². The highest BCUT2D eigenvalue weighted by atomic mass is 19.4. The van der Waals surface area contributed by atoms with E-state index in [-0.39, 0.29) is 10.7 Å². The van der Waals surface area contributed by atoms with Gasteiger partial charge in [-0.15, -0.1) is 0 Å². The van der Waals surface area contributed by atoms with Crippen LogP contribution >= 0.6 is 0 Å². The summed E-state index contributed by atoms with van der Waals surface area (Å²) in [4.78, 5) is 12.3. The van der Waals surface area contributed by atoms with Crippen molar-refractivity contribution >= 4 is 11.6 Å². The molecule has 0 spiro atoms. The Bertz CT molecular complexity index is 643. The van der Waals surface area contributed by atoms with E-state index in [0.717, 1.165) is 12.0 Å². The molecule has 0 aliphatic carbocycles. The Morgan fingerprint density at radius 3 is 2.50 bits per heavy atom. The lowest BCUT2D eigenvalue weighted by molar-refractivity contribution is -0.303. The van der Waals surface area contributed by atoms with Crippen molar-refractivity contribution in [3.63, 3.8) is 0 Å². The average Bonchev–Trinajstić information content (AvgIpc) is 2.83. The molecule has 2 atom stereocenters. The van der Waals surface area contributed by atoms with E-state index >= 15 is 0 Å². The normalized spacial score (nSPS) is 22.3. The first-order valence-electron chi connectivity index (χ1n) is 7.51. The van der Waals surface area contributed by atoms with Gasteiger partial charge in [0.15, 0.2) is 6.10 Å². The SMILES string of the molecule is CCc1ccc(OC(C)C(=O)N2N=C(C)CC2(O)C(F)(F)F)cc1. The van der Waals surface area contributed by atoms with Crippen LogP contribution in [0.1, 0.15) is 32.8 Å². The Labute approximate surface area is 137 Å². The number of hydrogen-bond acceptors (Lipinski definition) is 4. The summed E-state index contributed by atoms with van der Waals surface area (Å²) in [6, 6.07) is 6.88. The van der Waals surface area contributed by atoms with Crippen LogP contribution < -0.4 is 4.74 Å². The number of nitrogens with zero attached hydrogens (tertiary/aromatic N) is 2. The van der Waals surface area contributed by atoms with Gasteiger partial charge in [0.2, 0.25) is 0 Å². The summed E-state index contributed by atoms with van der Waals surface area (Å²) in [6.45, 7) is 4.61. The number of aliphatic hydroxyl groups is 1. The van der Waals surface area contributed by atoms with Crippen LogP contribution in [0.2, 0.25) is 0 Å². The van der Waals surface area contributed by atoms with E-state index in [4.69, 9.17) is 4.74 Å². The molecule has 1 aliphatic rings. The number of carbonyl (C=O) groups is 1. The highest BCUT2D eigenvalue weighted by Crippen LogP contribution is 2.40. The third-order valence-electron chi connectivity index (χ3n) is 3.78. The quantitative estimate of drug-likeness (QED) is 0.914. The first-order chi connectivity index (χ1) is 11.1. The van der Waals surface area contributed by atoms with Crippen LogP contribution in [0.25, 0.3) is 0 Å². The van der Waals surface area contributed by atoms with Crippen molar-refractivity contribution in [2.24, 2.45) is 5.10 Å². The molecule has 2 rings (SSSR count). The lowest BCUT2D eigenvalue weighted by Crippen LogP contribution is -2.58. The van der Waals surface area contributed by atoms with Gasteiger partial charge in [0.1, 0.15) is 5.75 Å². The number of hydrogen-bond donors (Lipinski definition) is 1. The van der Waals surface area contributed by atoms with Crippen molar-refractivity contribution in [3.8, 4) is 5.75 Å². The molecular formula is C16H19F3N2O3. The fourth-order valence-electron chi connectivity index (χ4n) is 2.40. The van der Waals surface area contributed by atoms with E-state index in [1.54, 1.807) is 24.3 Å². The molecule has 0 fully saturated rings.